The molecule has 0 fully saturated rings. The van der Waals surface area contributed by atoms with Gasteiger partial charge >= 0.3 is 5.97 Å². The molecule has 0 amide bonds. The topological polar surface area (TPSA) is 92.5 Å². The summed E-state index contributed by atoms with van der Waals surface area (Å²) in [6.45, 7) is 5.31. The minimum atomic E-state index is -3.84. The summed E-state index contributed by atoms with van der Waals surface area (Å²) >= 11 is 0. The Bertz CT molecular complexity index is 535. The largest absolute Gasteiger partial charge is 0.480 e. The monoisotopic (exact) mass is 275 g/mol. The first-order chi connectivity index (χ1) is 8.32. The van der Waals surface area contributed by atoms with Crippen molar-refractivity contribution in [3.63, 3.8) is 0 Å². The highest BCUT2D eigenvalue weighted by Gasteiger charge is 2.27. The fraction of sp³-hybridized carbons (Fsp3) is 0.600. The maximum Gasteiger partial charge on any atom is 0.318 e. The smallest absolute Gasteiger partial charge is 0.318 e. The van der Waals surface area contributed by atoms with Crippen LogP contribution in [0.4, 0.5) is 0 Å². The molecule has 0 aliphatic heterocycles. The summed E-state index contributed by atoms with van der Waals surface area (Å²) in [5, 5.41) is 8.59. The third-order valence-corrected chi connectivity index (χ3v) is 4.36. The molecule has 8 heteroatoms. The first-order valence-corrected chi connectivity index (χ1v) is 7.02. The van der Waals surface area contributed by atoms with Crippen LogP contribution in [-0.4, -0.2) is 46.4 Å². The zero-order valence-electron chi connectivity index (χ0n) is 10.6. The summed E-state index contributed by atoms with van der Waals surface area (Å²) in [5.74, 6) is -0.602. The van der Waals surface area contributed by atoms with Crippen LogP contribution >= 0.6 is 0 Å². The van der Waals surface area contributed by atoms with Gasteiger partial charge in [-0.2, -0.15) is 4.31 Å². The van der Waals surface area contributed by atoms with Crippen molar-refractivity contribution in [2.75, 3.05) is 13.1 Å². The molecule has 102 valence electrons. The lowest BCUT2D eigenvalue weighted by atomic mass is 10.6. The van der Waals surface area contributed by atoms with Crippen molar-refractivity contribution in [2.45, 2.75) is 32.3 Å². The average Bonchev–Trinajstić information content (AvgIpc) is 2.67. The van der Waals surface area contributed by atoms with E-state index < -0.39 is 22.5 Å². The van der Waals surface area contributed by atoms with Crippen molar-refractivity contribution < 1.29 is 18.3 Å². The van der Waals surface area contributed by atoms with Gasteiger partial charge in [0.2, 0.25) is 0 Å². The van der Waals surface area contributed by atoms with Crippen LogP contribution in [0, 0.1) is 6.92 Å². The Hall–Kier alpha value is -1.41. The summed E-state index contributed by atoms with van der Waals surface area (Å²) in [5.41, 5.74) is 0. The molecule has 0 radical (unpaired) electrons. The molecular formula is C10H17N3O4S. The molecular weight excluding hydrogens is 258 g/mol. The Morgan fingerprint density at radius 3 is 2.50 bits per heavy atom. The van der Waals surface area contributed by atoms with Crippen LogP contribution in [0.1, 0.15) is 19.7 Å². The van der Waals surface area contributed by atoms with Crippen LogP contribution in [0.3, 0.4) is 0 Å². The second-order valence-corrected chi connectivity index (χ2v) is 5.62. The number of sulfonamides is 1. The van der Waals surface area contributed by atoms with E-state index in [0.717, 1.165) is 4.31 Å². The number of aliphatic carboxylic acids is 1. The molecule has 1 aromatic rings. The molecule has 0 saturated carbocycles. The summed E-state index contributed by atoms with van der Waals surface area (Å²) in [7, 11) is -3.84. The third-order valence-electron chi connectivity index (χ3n) is 2.56. The molecule has 7 nitrogen and oxygen atoms in total. The summed E-state index contributed by atoms with van der Waals surface area (Å²) in [6, 6.07) is 0. The van der Waals surface area contributed by atoms with Crippen LogP contribution in [0.5, 0.6) is 0 Å². The first kappa shape index (κ1) is 14.7. The van der Waals surface area contributed by atoms with Crippen molar-refractivity contribution in [3.05, 3.63) is 12.0 Å². The Morgan fingerprint density at radius 2 is 2.11 bits per heavy atom. The number of aromatic nitrogens is 2. The lowest BCUT2D eigenvalue weighted by Gasteiger charge is -2.16. The molecule has 0 spiro atoms. The predicted molar refractivity (Wildman–Crippen MR) is 64.7 cm³/mol. The Morgan fingerprint density at radius 1 is 1.50 bits per heavy atom. The number of aryl methyl sites for hydroxylation is 2. The molecule has 18 heavy (non-hydrogen) atoms. The lowest BCUT2D eigenvalue weighted by Crippen LogP contribution is -2.35. The van der Waals surface area contributed by atoms with Crippen LogP contribution in [-0.2, 0) is 21.4 Å². The Kier molecular flexibility index (Phi) is 4.47. The molecule has 0 aromatic carbocycles. The molecule has 0 aliphatic carbocycles. The zero-order chi connectivity index (χ0) is 13.9. The van der Waals surface area contributed by atoms with Crippen molar-refractivity contribution in [3.8, 4) is 0 Å². The minimum Gasteiger partial charge on any atom is -0.480 e. The number of hydrogen-bond acceptors (Lipinski definition) is 4. The molecule has 0 atom stereocenters. The SMILES string of the molecule is CCN(CC(=O)O)S(=O)(=O)c1cn(CC)c(C)n1. The molecule has 0 saturated heterocycles. The molecule has 1 rings (SSSR count). The summed E-state index contributed by atoms with van der Waals surface area (Å²) in [4.78, 5) is 14.6. The number of rotatable bonds is 6. The number of carbonyl (C=O) groups is 1. The van der Waals surface area contributed by atoms with Crippen molar-refractivity contribution in [2.24, 2.45) is 0 Å². The van der Waals surface area contributed by atoms with E-state index in [2.05, 4.69) is 4.98 Å². The van der Waals surface area contributed by atoms with E-state index in [-0.39, 0.29) is 11.6 Å². The fourth-order valence-corrected chi connectivity index (χ4v) is 2.97. The van der Waals surface area contributed by atoms with E-state index in [1.54, 1.807) is 18.4 Å². The zero-order valence-corrected chi connectivity index (χ0v) is 11.4. The van der Waals surface area contributed by atoms with Gasteiger partial charge in [-0.3, -0.25) is 4.79 Å². The van der Waals surface area contributed by atoms with E-state index in [9.17, 15) is 13.2 Å². The number of likely N-dealkylation sites (N-methyl/N-ethyl adjacent to an activating group) is 1. The number of carboxylic acids is 1. The van der Waals surface area contributed by atoms with E-state index in [4.69, 9.17) is 5.11 Å². The summed E-state index contributed by atoms with van der Waals surface area (Å²) in [6.07, 6.45) is 1.43. The van der Waals surface area contributed by atoms with Crippen LogP contribution < -0.4 is 0 Å². The lowest BCUT2D eigenvalue weighted by molar-refractivity contribution is -0.137. The van der Waals surface area contributed by atoms with Crippen molar-refractivity contribution >= 4 is 16.0 Å². The molecule has 1 aromatic heterocycles. The quantitative estimate of drug-likeness (QED) is 0.806. The molecule has 0 unspecified atom stereocenters. The van der Waals surface area contributed by atoms with E-state index in [0.29, 0.717) is 12.4 Å². The van der Waals surface area contributed by atoms with E-state index in [1.165, 1.54) is 6.20 Å². The maximum absolute atomic E-state index is 12.2. The minimum absolute atomic E-state index is 0.0899. The van der Waals surface area contributed by atoms with E-state index in [1.807, 2.05) is 6.92 Å². The van der Waals surface area contributed by atoms with Crippen LogP contribution in [0.25, 0.3) is 0 Å². The van der Waals surface area contributed by atoms with E-state index >= 15 is 0 Å². The molecule has 1 N–H and O–H groups in total. The van der Waals surface area contributed by atoms with Gasteiger partial charge in [-0.25, -0.2) is 13.4 Å². The van der Waals surface area contributed by atoms with Gasteiger partial charge in [-0.05, 0) is 13.8 Å². The normalized spacial score (nSPS) is 12.0. The van der Waals surface area contributed by atoms with Crippen LogP contribution in [0.2, 0.25) is 0 Å². The van der Waals surface area contributed by atoms with Crippen LogP contribution in [0.15, 0.2) is 11.2 Å². The van der Waals surface area contributed by atoms with Gasteiger partial charge in [0.25, 0.3) is 10.0 Å². The Labute approximate surface area is 106 Å². The van der Waals surface area contributed by atoms with Gasteiger partial charge in [-0.15, -0.1) is 0 Å². The van der Waals surface area contributed by atoms with Gasteiger partial charge in [0.1, 0.15) is 12.4 Å². The number of carboxylic acid groups (broad SMARTS) is 1. The third kappa shape index (κ3) is 2.88. The first-order valence-electron chi connectivity index (χ1n) is 5.58. The predicted octanol–water partition coefficient (Wildman–Crippen LogP) is 0.307. The second-order valence-electron chi connectivity index (χ2n) is 3.74. The molecule has 1 heterocycles. The van der Waals surface area contributed by atoms with Gasteiger partial charge in [-0.1, -0.05) is 6.92 Å². The molecule has 0 bridgehead atoms. The van der Waals surface area contributed by atoms with Gasteiger partial charge in [0.15, 0.2) is 5.03 Å². The highest BCUT2D eigenvalue weighted by atomic mass is 32.2. The highest BCUT2D eigenvalue weighted by Crippen LogP contribution is 2.14. The standard InChI is InChI=1S/C10H17N3O4S/c1-4-12-6-9(11-8(12)3)18(16,17)13(5-2)7-10(14)15/h6H,4-5,7H2,1-3H3,(H,14,15). The Balaban J connectivity index is 3.14. The second kappa shape index (κ2) is 5.49. The van der Waals surface area contributed by atoms with Crippen molar-refractivity contribution in [1.82, 2.24) is 13.9 Å². The van der Waals surface area contributed by atoms with Gasteiger partial charge in [0.05, 0.1) is 0 Å². The maximum atomic E-state index is 12.2. The number of imidazole rings is 1. The number of nitrogens with zero attached hydrogens (tertiary/aromatic N) is 3. The molecule has 0 aliphatic rings. The number of hydrogen-bond donors (Lipinski definition) is 1. The van der Waals surface area contributed by atoms with Gasteiger partial charge in [0, 0.05) is 19.3 Å². The summed E-state index contributed by atoms with van der Waals surface area (Å²) < 4.78 is 26.9. The fourth-order valence-electron chi connectivity index (χ4n) is 1.57. The van der Waals surface area contributed by atoms with Gasteiger partial charge < -0.3 is 9.67 Å². The highest BCUT2D eigenvalue weighted by molar-refractivity contribution is 7.89. The average molecular weight is 275 g/mol. The van der Waals surface area contributed by atoms with Crippen molar-refractivity contribution in [1.29, 1.82) is 0 Å².